The van der Waals surface area contributed by atoms with Crippen molar-refractivity contribution in [1.29, 1.82) is 0 Å². The number of amides is 2. The summed E-state index contributed by atoms with van der Waals surface area (Å²) >= 11 is 2.30. The molecule has 2 aliphatic rings. The van der Waals surface area contributed by atoms with Crippen molar-refractivity contribution in [2.24, 2.45) is 10.6 Å². The van der Waals surface area contributed by atoms with Gasteiger partial charge in [0.2, 0.25) is 6.79 Å². The van der Waals surface area contributed by atoms with Crippen LogP contribution in [0, 0.1) is 15.5 Å². The minimum Gasteiger partial charge on any atom is -0.490 e. The number of nitrogens with zero attached hydrogens (tertiary/aromatic N) is 4. The van der Waals surface area contributed by atoms with Gasteiger partial charge < -0.3 is 30.1 Å². The van der Waals surface area contributed by atoms with Gasteiger partial charge in [0, 0.05) is 17.5 Å². The minimum absolute atomic E-state index is 0.0792. The van der Waals surface area contributed by atoms with Crippen LogP contribution in [0.4, 0.5) is 10.8 Å². The first-order chi connectivity index (χ1) is 20.8. The van der Waals surface area contributed by atoms with Gasteiger partial charge in [0.15, 0.2) is 16.5 Å². The van der Waals surface area contributed by atoms with Crippen molar-refractivity contribution in [2.75, 3.05) is 25.4 Å². The van der Waals surface area contributed by atoms with E-state index in [9.17, 15) is 29.3 Å². The predicted octanol–water partition coefficient (Wildman–Crippen LogP) is 1.90. The summed E-state index contributed by atoms with van der Waals surface area (Å²) in [7, 11) is 1.25. The maximum Gasteiger partial charge on any atom is 0.361 e. The highest BCUT2D eigenvalue weighted by Gasteiger charge is 2.55. The number of benzene rings is 1. The molecule has 0 radical (unpaired) electrons. The van der Waals surface area contributed by atoms with E-state index in [4.69, 9.17) is 24.8 Å². The van der Waals surface area contributed by atoms with Crippen molar-refractivity contribution in [2.45, 2.75) is 38.8 Å². The van der Waals surface area contributed by atoms with Gasteiger partial charge >= 0.3 is 11.9 Å². The summed E-state index contributed by atoms with van der Waals surface area (Å²) in [5, 5.41) is 18.3. The average molecular weight is 649 g/mol. The Kier molecular flexibility index (Phi) is 9.73. The van der Waals surface area contributed by atoms with Gasteiger partial charge in [-0.05, 0) is 38.5 Å². The number of hydrogen-bond acceptors (Lipinski definition) is 15. The van der Waals surface area contributed by atoms with Crippen LogP contribution in [0.15, 0.2) is 46.3 Å². The molecule has 0 spiro atoms. The number of thiazole rings is 1. The molecule has 2 aromatic rings. The number of β-lactam (4-membered cyclic amide) rings is 1. The van der Waals surface area contributed by atoms with Gasteiger partial charge in [-0.3, -0.25) is 29.4 Å². The van der Waals surface area contributed by atoms with E-state index in [1.54, 1.807) is 20.8 Å². The van der Waals surface area contributed by atoms with Crippen molar-refractivity contribution in [3.05, 3.63) is 62.5 Å². The van der Waals surface area contributed by atoms with E-state index < -0.39 is 52.3 Å². The van der Waals surface area contributed by atoms with E-state index >= 15 is 0 Å². The number of nitrogens with one attached hydrogen (secondary N) is 1. The lowest BCUT2D eigenvalue weighted by Gasteiger charge is -2.49. The van der Waals surface area contributed by atoms with Gasteiger partial charge in [0.1, 0.15) is 36.6 Å². The zero-order chi connectivity index (χ0) is 32.2. The summed E-state index contributed by atoms with van der Waals surface area (Å²) in [6.07, 6.45) is 0. The van der Waals surface area contributed by atoms with Crippen LogP contribution in [-0.4, -0.2) is 75.3 Å². The number of aromatic nitrogens is 1. The number of nitro benzene ring substituents is 1. The van der Waals surface area contributed by atoms with Crippen molar-refractivity contribution in [3.8, 4) is 0 Å². The van der Waals surface area contributed by atoms with E-state index in [1.165, 1.54) is 48.5 Å². The Morgan fingerprint density at radius 3 is 2.52 bits per heavy atom. The Labute approximate surface area is 258 Å². The van der Waals surface area contributed by atoms with Crippen LogP contribution in [-0.2, 0) is 44.8 Å². The number of thioether (sulfide) groups is 1. The average Bonchev–Trinajstić information content (AvgIpc) is 3.41. The first-order valence-electron chi connectivity index (χ1n) is 12.8. The van der Waals surface area contributed by atoms with Gasteiger partial charge in [0.05, 0.1) is 16.1 Å². The quantitative estimate of drug-likeness (QED) is 0.0890. The Morgan fingerprint density at radius 1 is 1.23 bits per heavy atom. The molecule has 0 unspecified atom stereocenters. The zero-order valence-electron chi connectivity index (χ0n) is 23.9. The summed E-state index contributed by atoms with van der Waals surface area (Å²) in [6, 6.07) is 4.56. The number of hydrogen-bond donors (Lipinski definition) is 2. The van der Waals surface area contributed by atoms with Crippen LogP contribution < -0.4 is 11.1 Å². The Hall–Kier alpha value is -4.71. The predicted molar refractivity (Wildman–Crippen MR) is 157 cm³/mol. The van der Waals surface area contributed by atoms with Crippen LogP contribution >= 0.6 is 23.1 Å². The number of nitrogen functional groups attached to an aromatic ring is 1. The Morgan fingerprint density at radius 2 is 1.93 bits per heavy atom. The lowest BCUT2D eigenvalue weighted by Crippen LogP contribution is -2.71. The molecular formula is C26H28N6O10S2. The first kappa shape index (κ1) is 32.2. The van der Waals surface area contributed by atoms with Crippen LogP contribution in [0.1, 0.15) is 32.0 Å². The molecule has 0 bridgehead atoms. The molecule has 44 heavy (non-hydrogen) atoms. The smallest absolute Gasteiger partial charge is 0.361 e. The summed E-state index contributed by atoms with van der Waals surface area (Å²) in [4.78, 5) is 72.1. The topological polar surface area (TPSA) is 215 Å². The molecule has 3 N–H and O–H groups in total. The normalized spacial score (nSPS) is 18.1. The number of carbonyl (C=O) groups is 4. The van der Waals surface area contributed by atoms with E-state index in [0.29, 0.717) is 5.56 Å². The van der Waals surface area contributed by atoms with Gasteiger partial charge in [-0.2, -0.15) is 0 Å². The highest BCUT2D eigenvalue weighted by atomic mass is 32.2. The third-order valence-corrected chi connectivity index (χ3v) is 8.06. The lowest BCUT2D eigenvalue weighted by atomic mass is 9.98. The molecule has 1 aromatic heterocycles. The second-order valence-corrected chi connectivity index (χ2v) is 12.3. The summed E-state index contributed by atoms with van der Waals surface area (Å²) in [5.74, 6) is -2.80. The standard InChI is InChI=1S/C26H28N6O10S2/c1-26(2,3)24(36)42-12-41-23(35)19-16(40-9-13-5-7-14(8-6-13)32(37)38)11-43-22-18(21(34)31(19)22)29-20(33)17(30-39-4)15-10-44-25(27)28-15/h5-8,10,18,22H,9,11-12H2,1-4H3,(H2,27,28)(H,29,33)/t18-,22+/m1/s1. The molecule has 234 valence electrons. The highest BCUT2D eigenvalue weighted by molar-refractivity contribution is 8.00. The number of rotatable bonds is 11. The number of anilines is 1. The third-order valence-electron chi connectivity index (χ3n) is 6.13. The van der Waals surface area contributed by atoms with Crippen molar-refractivity contribution in [1.82, 2.24) is 15.2 Å². The number of esters is 2. The summed E-state index contributed by atoms with van der Waals surface area (Å²) in [5.41, 5.74) is 5.02. The molecule has 0 aliphatic carbocycles. The van der Waals surface area contributed by atoms with Crippen molar-refractivity contribution in [3.63, 3.8) is 0 Å². The second kappa shape index (κ2) is 13.3. The minimum atomic E-state index is -1.05. The van der Waals surface area contributed by atoms with Crippen molar-refractivity contribution >= 4 is 63.4 Å². The van der Waals surface area contributed by atoms with Crippen LogP contribution in [0.2, 0.25) is 0 Å². The van der Waals surface area contributed by atoms with E-state index in [-0.39, 0.29) is 46.0 Å². The summed E-state index contributed by atoms with van der Waals surface area (Å²) < 4.78 is 16.1. The van der Waals surface area contributed by atoms with Crippen LogP contribution in [0.5, 0.6) is 0 Å². The van der Waals surface area contributed by atoms with Crippen molar-refractivity contribution < 1.29 is 43.1 Å². The van der Waals surface area contributed by atoms with Crippen LogP contribution in [0.25, 0.3) is 0 Å². The molecule has 2 atom stereocenters. The molecule has 2 aliphatic heterocycles. The van der Waals surface area contributed by atoms with E-state index in [0.717, 1.165) is 16.2 Å². The number of nitrogens with two attached hydrogens (primary N) is 1. The Balaban J connectivity index is 1.53. The second-order valence-electron chi connectivity index (χ2n) is 10.3. The van der Waals surface area contributed by atoms with E-state index in [2.05, 4.69) is 15.5 Å². The number of non-ortho nitro benzene ring substituents is 1. The van der Waals surface area contributed by atoms with Gasteiger partial charge in [0.25, 0.3) is 17.5 Å². The molecular weight excluding hydrogens is 620 g/mol. The Bertz CT molecular complexity index is 1530. The van der Waals surface area contributed by atoms with Gasteiger partial charge in [-0.1, -0.05) is 5.16 Å². The molecule has 3 heterocycles. The molecule has 1 aromatic carbocycles. The number of nitro groups is 1. The zero-order valence-corrected chi connectivity index (χ0v) is 25.6. The molecule has 18 heteroatoms. The molecule has 1 saturated heterocycles. The molecule has 1 fully saturated rings. The largest absolute Gasteiger partial charge is 0.490 e. The van der Waals surface area contributed by atoms with E-state index in [1.807, 2.05) is 0 Å². The number of fused-ring (bicyclic) bond motifs is 1. The van der Waals surface area contributed by atoms with Gasteiger partial charge in [-0.25, -0.2) is 9.78 Å². The third kappa shape index (κ3) is 7.08. The summed E-state index contributed by atoms with van der Waals surface area (Å²) in [6.45, 7) is 4.11. The molecule has 2 amide bonds. The fraction of sp³-hybridized carbons (Fsp3) is 0.385. The highest BCUT2D eigenvalue weighted by Crippen LogP contribution is 2.41. The number of ether oxygens (including phenoxy) is 3. The SMILES string of the molecule is CON=C(C(=O)N[C@@H]1C(=O)N2C(C(=O)OCOC(=O)C(C)(C)C)=C(OCc3ccc([N+](=O)[O-])cc3)CS[C@@H]12)c1csc(N)n1. The molecule has 4 rings (SSSR count). The maximum atomic E-state index is 13.3. The monoisotopic (exact) mass is 648 g/mol. The fourth-order valence-corrected chi connectivity index (χ4v) is 5.72. The maximum absolute atomic E-state index is 13.3. The number of carbonyl (C=O) groups excluding carboxylic acids is 4. The van der Waals surface area contributed by atoms with Gasteiger partial charge in [-0.15, -0.1) is 23.1 Å². The molecule has 0 saturated carbocycles. The lowest BCUT2D eigenvalue weighted by molar-refractivity contribution is -0.384. The fourth-order valence-electron chi connectivity index (χ4n) is 3.90. The molecule has 16 nitrogen and oxygen atoms in total. The number of oxime groups is 1. The first-order valence-corrected chi connectivity index (χ1v) is 14.8. The van der Waals surface area contributed by atoms with Crippen LogP contribution in [0.3, 0.4) is 0 Å².